The number of aliphatic hydroxyl groups excluding tert-OH is 1. The van der Waals surface area contributed by atoms with E-state index in [2.05, 4.69) is 20.3 Å². The number of nitriles is 1. The lowest BCUT2D eigenvalue weighted by Crippen LogP contribution is -2.50. The first-order valence-electron chi connectivity index (χ1n) is 12.6. The number of nitrogens with one attached hydrogen (secondary N) is 2. The van der Waals surface area contributed by atoms with Gasteiger partial charge in [0.25, 0.3) is 5.56 Å². The van der Waals surface area contributed by atoms with Crippen LogP contribution in [0.15, 0.2) is 11.1 Å². The molecule has 1 amide bonds. The topological polar surface area (TPSA) is 191 Å². The molecule has 5 unspecified atom stereocenters. The van der Waals surface area contributed by atoms with Crippen LogP contribution in [-0.2, 0) is 27.6 Å². The Bertz CT molecular complexity index is 1300. The maximum atomic E-state index is 12.7. The first-order chi connectivity index (χ1) is 18.2. The minimum absolute atomic E-state index is 0.0158. The number of hydrogen-bond acceptors (Lipinski definition) is 11. The van der Waals surface area contributed by atoms with E-state index in [0.29, 0.717) is 0 Å². The van der Waals surface area contributed by atoms with Crippen LogP contribution in [0.3, 0.4) is 0 Å². The van der Waals surface area contributed by atoms with Gasteiger partial charge in [-0.2, -0.15) is 10.2 Å². The van der Waals surface area contributed by atoms with E-state index in [-0.39, 0.29) is 47.0 Å². The standard InChI is InChI=1S/C23H35N6O8PSi/c1-13(2)19(31)27-22-26-18-15(20(32)28-22)25-12-29(18)21-17(36-38(33)34-10-8-9-24)16(14(11-30)35-21)37-39(6,7)23(3,4)5/h12-14,16-17,21,30H,8,10-11H2,1-7H3,(H-,26,27,28,31,32)/p+1. The number of anilines is 1. The molecule has 14 nitrogen and oxygen atoms in total. The number of hydrogen-bond donors (Lipinski definition) is 3. The average molecular weight is 584 g/mol. The lowest BCUT2D eigenvalue weighted by molar-refractivity contribution is -0.118. The summed E-state index contributed by atoms with van der Waals surface area (Å²) in [5, 5.41) is 21.3. The maximum Gasteiger partial charge on any atom is 0.697 e. The van der Waals surface area contributed by atoms with Crippen molar-refractivity contribution in [2.45, 2.75) is 83.7 Å². The van der Waals surface area contributed by atoms with Gasteiger partial charge in [-0.15, -0.1) is 9.05 Å². The molecule has 16 heteroatoms. The van der Waals surface area contributed by atoms with Crippen molar-refractivity contribution in [2.75, 3.05) is 18.5 Å². The number of aliphatic hydroxyl groups is 1. The third kappa shape index (κ3) is 6.96. The van der Waals surface area contributed by atoms with Gasteiger partial charge in [0.15, 0.2) is 31.8 Å². The fraction of sp³-hybridized carbons (Fsp3) is 0.696. The van der Waals surface area contributed by atoms with E-state index in [1.165, 1.54) is 10.9 Å². The minimum Gasteiger partial charge on any atom is -0.408 e. The first-order valence-corrected chi connectivity index (χ1v) is 16.6. The number of amides is 1. The highest BCUT2D eigenvalue weighted by Gasteiger charge is 2.55. The molecule has 0 radical (unpaired) electrons. The van der Waals surface area contributed by atoms with Gasteiger partial charge in [-0.1, -0.05) is 34.6 Å². The number of fused-ring (bicyclic) bond motifs is 1. The molecule has 3 N–H and O–H groups in total. The molecular weight excluding hydrogens is 547 g/mol. The number of H-pyrrole nitrogens is 1. The predicted octanol–water partition coefficient (Wildman–Crippen LogP) is 2.97. The minimum atomic E-state index is -2.71. The molecule has 0 bridgehead atoms. The summed E-state index contributed by atoms with van der Waals surface area (Å²) < 4.78 is 37.9. The Labute approximate surface area is 228 Å². The van der Waals surface area contributed by atoms with E-state index in [4.69, 9.17) is 23.5 Å². The smallest absolute Gasteiger partial charge is 0.408 e. The van der Waals surface area contributed by atoms with Crippen molar-refractivity contribution in [3.05, 3.63) is 16.7 Å². The lowest BCUT2D eigenvalue weighted by Gasteiger charge is -2.39. The third-order valence-corrected chi connectivity index (χ3v) is 12.1. The second kappa shape index (κ2) is 12.3. The number of aromatic amines is 1. The normalized spacial score (nSPS) is 22.3. The molecule has 1 aliphatic rings. The summed E-state index contributed by atoms with van der Waals surface area (Å²) in [6.07, 6.45) is -2.57. The Morgan fingerprint density at radius 3 is 2.67 bits per heavy atom. The predicted molar refractivity (Wildman–Crippen MR) is 143 cm³/mol. The van der Waals surface area contributed by atoms with Crippen molar-refractivity contribution < 1.29 is 32.7 Å². The van der Waals surface area contributed by atoms with Crippen molar-refractivity contribution in [3.63, 3.8) is 0 Å². The molecule has 0 saturated carbocycles. The Morgan fingerprint density at radius 2 is 2.08 bits per heavy atom. The van der Waals surface area contributed by atoms with Crippen molar-refractivity contribution in [3.8, 4) is 6.07 Å². The van der Waals surface area contributed by atoms with E-state index in [9.17, 15) is 19.3 Å². The Morgan fingerprint density at radius 1 is 1.38 bits per heavy atom. The van der Waals surface area contributed by atoms with Crippen LogP contribution < -0.4 is 10.9 Å². The van der Waals surface area contributed by atoms with E-state index >= 15 is 0 Å². The summed E-state index contributed by atoms with van der Waals surface area (Å²) >= 11 is 0. The van der Waals surface area contributed by atoms with Crippen LogP contribution in [0.4, 0.5) is 5.95 Å². The van der Waals surface area contributed by atoms with Gasteiger partial charge < -0.3 is 14.3 Å². The number of carbonyl (C=O) groups excluding carboxylic acids is 1. The maximum absolute atomic E-state index is 12.7. The quantitative estimate of drug-likeness (QED) is 0.200. The summed E-state index contributed by atoms with van der Waals surface area (Å²) in [4.78, 5) is 35.9. The van der Waals surface area contributed by atoms with Crippen molar-refractivity contribution in [1.29, 1.82) is 5.26 Å². The summed E-state index contributed by atoms with van der Waals surface area (Å²) in [6.45, 7) is 13.0. The molecule has 0 aliphatic carbocycles. The zero-order valence-electron chi connectivity index (χ0n) is 23.1. The molecule has 0 aromatic carbocycles. The number of carbonyl (C=O) groups is 1. The zero-order valence-corrected chi connectivity index (χ0v) is 25.0. The molecule has 5 atom stereocenters. The highest BCUT2D eigenvalue weighted by molar-refractivity contribution is 7.33. The number of rotatable bonds is 11. The second-order valence-corrected chi connectivity index (χ2v) is 16.7. The van der Waals surface area contributed by atoms with Gasteiger partial charge in [0.2, 0.25) is 11.9 Å². The fourth-order valence-corrected chi connectivity index (χ4v) is 5.62. The van der Waals surface area contributed by atoms with E-state index < -0.39 is 53.3 Å². The van der Waals surface area contributed by atoms with Gasteiger partial charge in [-0.25, -0.2) is 4.98 Å². The van der Waals surface area contributed by atoms with Crippen LogP contribution in [0.1, 0.15) is 47.3 Å². The van der Waals surface area contributed by atoms with E-state index in [1.54, 1.807) is 13.8 Å². The summed E-state index contributed by atoms with van der Waals surface area (Å²) in [5.74, 6) is -0.790. The molecule has 1 aliphatic heterocycles. The van der Waals surface area contributed by atoms with Crippen molar-refractivity contribution in [1.82, 2.24) is 19.5 Å². The first kappa shape index (κ1) is 31.0. The van der Waals surface area contributed by atoms with Gasteiger partial charge in [-0.05, 0) is 18.1 Å². The van der Waals surface area contributed by atoms with Gasteiger partial charge in [0.1, 0.15) is 18.8 Å². The Hall–Kier alpha value is -2.57. The van der Waals surface area contributed by atoms with Gasteiger partial charge in [0, 0.05) is 10.5 Å². The second-order valence-electron chi connectivity index (χ2n) is 11.0. The summed E-state index contributed by atoms with van der Waals surface area (Å²) in [6, 6.07) is 1.90. The van der Waals surface area contributed by atoms with E-state index in [1.807, 2.05) is 39.9 Å². The van der Waals surface area contributed by atoms with Crippen LogP contribution in [0.25, 0.3) is 11.2 Å². The van der Waals surface area contributed by atoms with Crippen molar-refractivity contribution in [2.24, 2.45) is 5.92 Å². The molecule has 214 valence electrons. The van der Waals surface area contributed by atoms with Crippen molar-refractivity contribution >= 4 is 39.6 Å². The van der Waals surface area contributed by atoms with Crippen LogP contribution in [0.2, 0.25) is 18.1 Å². The van der Waals surface area contributed by atoms with Crippen LogP contribution in [0, 0.1) is 17.2 Å². The van der Waals surface area contributed by atoms with Crippen LogP contribution in [-0.4, -0.2) is 70.4 Å². The number of imidazole rings is 1. The third-order valence-electron chi connectivity index (χ3n) is 6.79. The molecule has 2 aromatic heterocycles. The SMILES string of the molecule is CC(C)C(=O)Nc1nc2c(ncn2C2OC(CO)C(O[Si](C)(C)C(C)(C)C)C2O[P+](=O)OCCC#N)c(=O)[nH]1. The van der Waals surface area contributed by atoms with Gasteiger partial charge in [0.05, 0.1) is 25.4 Å². The summed E-state index contributed by atoms with van der Waals surface area (Å²) in [5.41, 5.74) is -0.544. The molecular formula is C23H36N6O8PSi+. The van der Waals surface area contributed by atoms with Crippen LogP contribution >= 0.6 is 8.25 Å². The molecule has 3 rings (SSSR count). The fourth-order valence-electron chi connectivity index (χ4n) is 3.58. The number of ether oxygens (including phenoxy) is 1. The lowest BCUT2D eigenvalue weighted by atomic mass is 10.1. The molecule has 1 fully saturated rings. The average Bonchev–Trinajstić information content (AvgIpc) is 3.40. The molecule has 2 aromatic rings. The Balaban J connectivity index is 2.06. The molecule has 1 saturated heterocycles. The monoisotopic (exact) mass is 583 g/mol. The van der Waals surface area contributed by atoms with Gasteiger partial charge >= 0.3 is 8.25 Å². The highest BCUT2D eigenvalue weighted by atomic mass is 31.1. The molecule has 0 spiro atoms. The highest BCUT2D eigenvalue weighted by Crippen LogP contribution is 2.45. The summed E-state index contributed by atoms with van der Waals surface area (Å²) in [7, 11) is -5.17. The Kier molecular flexibility index (Phi) is 9.76. The number of nitrogens with zero attached hydrogens (tertiary/aromatic N) is 4. The van der Waals surface area contributed by atoms with Gasteiger partial charge in [-0.3, -0.25) is 24.5 Å². The number of aromatic nitrogens is 4. The molecule has 3 heterocycles. The molecule has 39 heavy (non-hydrogen) atoms. The van der Waals surface area contributed by atoms with Crippen LogP contribution in [0.5, 0.6) is 0 Å². The zero-order chi connectivity index (χ0) is 29.1. The van der Waals surface area contributed by atoms with E-state index in [0.717, 1.165) is 0 Å². The largest absolute Gasteiger partial charge is 0.697 e.